The lowest BCUT2D eigenvalue weighted by molar-refractivity contribution is 0.0897. The van der Waals surface area contributed by atoms with Crippen LogP contribution in [-0.2, 0) is 0 Å². The first-order valence-corrected chi connectivity index (χ1v) is 7.56. The molecule has 1 unspecified atom stereocenters. The molecule has 1 aromatic rings. The van der Waals surface area contributed by atoms with Crippen LogP contribution in [0.1, 0.15) is 30.6 Å². The van der Waals surface area contributed by atoms with E-state index in [2.05, 4.69) is 21.2 Å². The van der Waals surface area contributed by atoms with E-state index >= 15 is 0 Å². The molecule has 0 aliphatic heterocycles. The number of carbonyl (C=O) groups is 1. The molecule has 0 fully saturated rings. The molecule has 1 amide bonds. The predicted molar refractivity (Wildman–Crippen MR) is 85.0 cm³/mol. The predicted octanol–water partition coefficient (Wildman–Crippen LogP) is 2.60. The van der Waals surface area contributed by atoms with Gasteiger partial charge in [-0.25, -0.2) is 0 Å². The Labute approximate surface area is 133 Å². The topological polar surface area (TPSA) is 67.8 Å². The maximum Gasteiger partial charge on any atom is 0.255 e. The molecule has 1 aromatic carbocycles. The van der Waals surface area contributed by atoms with Gasteiger partial charge in [0, 0.05) is 6.54 Å². The maximum atomic E-state index is 12.3. The first-order chi connectivity index (χ1) is 9.88. The second kappa shape index (κ2) is 8.24. The molecule has 1 atom stereocenters. The van der Waals surface area contributed by atoms with Crippen LogP contribution in [0.3, 0.4) is 0 Å². The molecule has 0 spiro atoms. The third-order valence-electron chi connectivity index (χ3n) is 2.94. The van der Waals surface area contributed by atoms with Crippen molar-refractivity contribution < 1.29 is 19.4 Å². The van der Waals surface area contributed by atoms with Crippen LogP contribution in [0.5, 0.6) is 11.5 Å². The van der Waals surface area contributed by atoms with Gasteiger partial charge in [0.05, 0.1) is 30.4 Å². The zero-order chi connectivity index (χ0) is 16.0. The van der Waals surface area contributed by atoms with Crippen molar-refractivity contribution in [2.45, 2.75) is 26.4 Å². The van der Waals surface area contributed by atoms with E-state index in [-0.39, 0.29) is 12.5 Å². The second-order valence-corrected chi connectivity index (χ2v) is 6.04. The van der Waals surface area contributed by atoms with Crippen LogP contribution >= 0.6 is 15.9 Å². The largest absolute Gasteiger partial charge is 0.497 e. The number of ether oxygens (including phenoxy) is 2. The minimum absolute atomic E-state index is 0.203. The number of benzene rings is 1. The van der Waals surface area contributed by atoms with E-state index in [1.807, 2.05) is 13.8 Å². The van der Waals surface area contributed by atoms with Crippen LogP contribution in [0, 0.1) is 5.92 Å². The van der Waals surface area contributed by atoms with Crippen molar-refractivity contribution in [3.63, 3.8) is 0 Å². The van der Waals surface area contributed by atoms with E-state index in [0.717, 1.165) is 0 Å². The SMILES string of the molecule is COc1cc(Br)c(OC)c(C(=O)NCC(O)CC(C)C)c1. The lowest BCUT2D eigenvalue weighted by atomic mass is 10.1. The monoisotopic (exact) mass is 359 g/mol. The van der Waals surface area contributed by atoms with Gasteiger partial charge in [-0.1, -0.05) is 13.8 Å². The van der Waals surface area contributed by atoms with Gasteiger partial charge < -0.3 is 19.9 Å². The highest BCUT2D eigenvalue weighted by Crippen LogP contribution is 2.33. The summed E-state index contributed by atoms with van der Waals surface area (Å²) in [7, 11) is 3.03. The molecule has 0 aromatic heterocycles. The van der Waals surface area contributed by atoms with Crippen molar-refractivity contribution in [2.24, 2.45) is 5.92 Å². The first kappa shape index (κ1) is 17.8. The van der Waals surface area contributed by atoms with Crippen LogP contribution in [-0.4, -0.2) is 37.9 Å². The van der Waals surface area contributed by atoms with Crippen molar-refractivity contribution in [3.05, 3.63) is 22.2 Å². The Morgan fingerprint density at radius 1 is 1.33 bits per heavy atom. The number of nitrogens with one attached hydrogen (secondary N) is 1. The molecule has 5 nitrogen and oxygen atoms in total. The zero-order valence-corrected chi connectivity index (χ0v) is 14.4. The summed E-state index contributed by atoms with van der Waals surface area (Å²) in [4.78, 5) is 12.3. The summed E-state index contributed by atoms with van der Waals surface area (Å²) >= 11 is 3.35. The number of amides is 1. The van der Waals surface area contributed by atoms with Crippen molar-refractivity contribution >= 4 is 21.8 Å². The average molecular weight is 360 g/mol. The van der Waals surface area contributed by atoms with Gasteiger partial charge in [-0.15, -0.1) is 0 Å². The van der Waals surface area contributed by atoms with E-state index in [1.165, 1.54) is 14.2 Å². The summed E-state index contributed by atoms with van der Waals surface area (Å²) in [5.74, 6) is 1.05. The van der Waals surface area contributed by atoms with E-state index in [9.17, 15) is 9.90 Å². The van der Waals surface area contributed by atoms with Crippen LogP contribution in [0.25, 0.3) is 0 Å². The molecule has 1 rings (SSSR count). The molecule has 0 aliphatic rings. The fourth-order valence-electron chi connectivity index (χ4n) is 2.00. The zero-order valence-electron chi connectivity index (χ0n) is 12.8. The third-order valence-corrected chi connectivity index (χ3v) is 3.53. The molecular formula is C15H22BrNO4. The van der Waals surface area contributed by atoms with Gasteiger partial charge in [0.25, 0.3) is 5.91 Å². The number of carbonyl (C=O) groups excluding carboxylic acids is 1. The van der Waals surface area contributed by atoms with Gasteiger partial charge in [0.15, 0.2) is 0 Å². The van der Waals surface area contributed by atoms with Gasteiger partial charge in [-0.05, 0) is 40.4 Å². The smallest absolute Gasteiger partial charge is 0.255 e. The second-order valence-electron chi connectivity index (χ2n) is 5.18. The van der Waals surface area contributed by atoms with Crippen molar-refractivity contribution in [1.29, 1.82) is 0 Å². The van der Waals surface area contributed by atoms with Crippen LogP contribution in [0.2, 0.25) is 0 Å². The summed E-state index contributed by atoms with van der Waals surface area (Å²) in [5.41, 5.74) is 0.362. The van der Waals surface area contributed by atoms with Gasteiger partial charge >= 0.3 is 0 Å². The Kier molecular flexibility index (Phi) is 6.98. The molecular weight excluding hydrogens is 338 g/mol. The number of methoxy groups -OCH3 is 2. The number of rotatable bonds is 7. The van der Waals surface area contributed by atoms with Crippen LogP contribution in [0.15, 0.2) is 16.6 Å². The number of hydrogen-bond donors (Lipinski definition) is 2. The Hall–Kier alpha value is -1.27. The van der Waals surface area contributed by atoms with Gasteiger partial charge in [0.1, 0.15) is 11.5 Å². The number of aliphatic hydroxyl groups excluding tert-OH is 1. The number of hydrogen-bond acceptors (Lipinski definition) is 4. The molecule has 0 saturated heterocycles. The highest BCUT2D eigenvalue weighted by atomic mass is 79.9. The van der Waals surface area contributed by atoms with Gasteiger partial charge in [-0.2, -0.15) is 0 Å². The van der Waals surface area contributed by atoms with Gasteiger partial charge in [0.2, 0.25) is 0 Å². The normalized spacial score (nSPS) is 12.1. The van der Waals surface area contributed by atoms with E-state index in [4.69, 9.17) is 9.47 Å². The molecule has 118 valence electrons. The molecule has 0 radical (unpaired) electrons. The molecule has 0 aliphatic carbocycles. The molecule has 6 heteroatoms. The molecule has 0 heterocycles. The third kappa shape index (κ3) is 5.21. The lowest BCUT2D eigenvalue weighted by Crippen LogP contribution is -2.33. The Balaban J connectivity index is 2.84. The number of aliphatic hydroxyl groups is 1. The first-order valence-electron chi connectivity index (χ1n) is 6.76. The van der Waals surface area contributed by atoms with Crippen LogP contribution in [0.4, 0.5) is 0 Å². The lowest BCUT2D eigenvalue weighted by Gasteiger charge is -2.16. The Bertz CT molecular complexity index is 491. The Morgan fingerprint density at radius 3 is 2.52 bits per heavy atom. The Morgan fingerprint density at radius 2 is 2.00 bits per heavy atom. The standard InChI is InChI=1S/C15H22BrNO4/c1-9(2)5-10(18)8-17-15(19)12-6-11(20-3)7-13(16)14(12)21-4/h6-7,9-10,18H,5,8H2,1-4H3,(H,17,19). The fraction of sp³-hybridized carbons (Fsp3) is 0.533. The minimum Gasteiger partial charge on any atom is -0.497 e. The van der Waals surface area contributed by atoms with Crippen LogP contribution < -0.4 is 14.8 Å². The quantitative estimate of drug-likeness (QED) is 0.785. The van der Waals surface area contributed by atoms with Crippen molar-refractivity contribution in [2.75, 3.05) is 20.8 Å². The summed E-state index contributed by atoms with van der Waals surface area (Å²) < 4.78 is 11.0. The molecule has 0 bridgehead atoms. The van der Waals surface area contributed by atoms with Crippen molar-refractivity contribution in [1.82, 2.24) is 5.32 Å². The summed E-state index contributed by atoms with van der Waals surface area (Å²) in [6.07, 6.45) is 0.0770. The van der Waals surface area contributed by atoms with E-state index in [1.54, 1.807) is 12.1 Å². The van der Waals surface area contributed by atoms with Crippen molar-refractivity contribution in [3.8, 4) is 11.5 Å². The minimum atomic E-state index is -0.561. The molecule has 2 N–H and O–H groups in total. The molecule has 0 saturated carbocycles. The highest BCUT2D eigenvalue weighted by molar-refractivity contribution is 9.10. The average Bonchev–Trinajstić information content (AvgIpc) is 2.43. The summed E-state index contributed by atoms with van der Waals surface area (Å²) in [6, 6.07) is 3.33. The fourth-order valence-corrected chi connectivity index (χ4v) is 2.60. The number of halogens is 1. The van der Waals surface area contributed by atoms with Gasteiger partial charge in [-0.3, -0.25) is 4.79 Å². The van der Waals surface area contributed by atoms with E-state index < -0.39 is 6.10 Å². The maximum absolute atomic E-state index is 12.3. The molecule has 21 heavy (non-hydrogen) atoms. The summed E-state index contributed by atoms with van der Waals surface area (Å²) in [5, 5.41) is 12.5. The summed E-state index contributed by atoms with van der Waals surface area (Å²) in [6.45, 7) is 4.25. The highest BCUT2D eigenvalue weighted by Gasteiger charge is 2.18. The van der Waals surface area contributed by atoms with E-state index in [0.29, 0.717) is 33.9 Å².